The second-order valence-corrected chi connectivity index (χ2v) is 20.7. The van der Waals surface area contributed by atoms with Crippen LogP contribution >= 0.6 is 0 Å². The first-order valence-electron chi connectivity index (χ1n) is 25.9. The zero-order valence-electron chi connectivity index (χ0n) is 41.7. The predicted molar refractivity (Wildman–Crippen MR) is 256 cm³/mol. The molecule has 67 heavy (non-hydrogen) atoms. The van der Waals surface area contributed by atoms with Crippen molar-refractivity contribution in [1.29, 1.82) is 0 Å². The zero-order chi connectivity index (χ0) is 47.2. The molecule has 0 unspecified atom stereocenters. The van der Waals surface area contributed by atoms with Crippen LogP contribution in [0.2, 0.25) is 0 Å². The van der Waals surface area contributed by atoms with E-state index in [4.69, 9.17) is 37.9 Å². The Morgan fingerprint density at radius 3 is 2.33 bits per heavy atom. The first-order chi connectivity index (χ1) is 32.5. The first kappa shape index (κ1) is 50.3. The van der Waals surface area contributed by atoms with E-state index in [0.717, 1.165) is 70.0 Å². The number of carbonyl (C=O) groups is 2. The smallest absolute Gasteiger partial charge is 0.306 e. The summed E-state index contributed by atoms with van der Waals surface area (Å²) in [7, 11) is 7.22. The van der Waals surface area contributed by atoms with Crippen LogP contribution in [0.15, 0.2) is 66.5 Å². The van der Waals surface area contributed by atoms with Gasteiger partial charge in [0.2, 0.25) is 0 Å². The molecule has 3 aliphatic heterocycles. The fourth-order valence-corrected chi connectivity index (χ4v) is 12.8. The summed E-state index contributed by atoms with van der Waals surface area (Å²) < 4.78 is 52.6. The Kier molecular flexibility index (Phi) is 17.4. The van der Waals surface area contributed by atoms with Gasteiger partial charge in [-0.25, -0.2) is 4.57 Å². The van der Waals surface area contributed by atoms with Gasteiger partial charge in [0.25, 0.3) is 0 Å². The van der Waals surface area contributed by atoms with Crippen LogP contribution in [0.1, 0.15) is 111 Å². The summed E-state index contributed by atoms with van der Waals surface area (Å²) in [4.78, 5) is 31.1. The van der Waals surface area contributed by atoms with E-state index in [0.29, 0.717) is 12.5 Å². The number of ketones is 1. The Morgan fingerprint density at radius 1 is 0.791 bits per heavy atom. The molecule has 17 atom stereocenters. The fraction of sp³-hybridized carbons (Fsp3) is 0.727. The molecule has 4 heterocycles. The standard InChI is InChI=1S/C55H81N2O10/c1-9-40-19-16-20-48(67-50-24-23-47(35(3)63-50)56(5)26-14-10-11-15-27-57-28-25-37-17-12-13-18-39(37)33-57)34(2)51(59)46-31-44-42(45(46)32-49(58)65-40)22-21-38-29-41(30-43(38)44)66-55-54(62-8)53(61-7)52(60-6)36(4)64-55/h12-13,17-18,21-22,25,28,31,33-36,38,40-45,47-48,50,52-55H,9-11,14-16,19-20,23-24,26-27,29-30,32H2,1-8H3/q+1/t34-,35-,36+,38-,40+,41-,42-,43-,44-,45+,47+,48+,50+,52+,53-,54-,55+/m1/s1. The number of cyclic esters (lactones) is 1. The minimum absolute atomic E-state index is 0.00956. The lowest BCUT2D eigenvalue weighted by atomic mass is 9.70. The van der Waals surface area contributed by atoms with Gasteiger partial charge in [-0.2, -0.15) is 0 Å². The summed E-state index contributed by atoms with van der Waals surface area (Å²) in [6.45, 7) is 10.4. The normalized spacial score (nSPS) is 38.2. The lowest BCUT2D eigenvalue weighted by Gasteiger charge is -2.44. The number of pyridine rings is 1. The number of ether oxygens (including phenoxy) is 8. The molecule has 3 saturated heterocycles. The SMILES string of the molecule is CC[C@H]1CCC[C@H](O[C@H]2CC[C@H](N(C)CCCCCC[n+]3ccc4ccccc4c3)[C@@H](C)O2)[C@@H](C)C(=O)C2=C[C@@H]3[C@@H](C=C[C@@H]4C[C@@H](O[C@@H]5O[C@@H](C)[C@H](OC)[C@@H](OC)[C@H]5OC)C[C@@H]34)[C@@H]2CC(=O)O1. The monoisotopic (exact) mass is 930 g/mol. The molecule has 3 aliphatic carbocycles. The van der Waals surface area contributed by atoms with Crippen molar-refractivity contribution in [2.24, 2.45) is 35.5 Å². The van der Waals surface area contributed by atoms with Gasteiger partial charge in [-0.3, -0.25) is 9.59 Å². The number of benzene rings is 1. The van der Waals surface area contributed by atoms with E-state index in [1.165, 1.54) is 30.0 Å². The number of allylic oxidation sites excluding steroid dienone is 4. The van der Waals surface area contributed by atoms with Crippen LogP contribution in [-0.2, 0) is 54.0 Å². The lowest BCUT2D eigenvalue weighted by Crippen LogP contribution is -2.59. The van der Waals surface area contributed by atoms with Crippen LogP contribution < -0.4 is 4.57 Å². The van der Waals surface area contributed by atoms with E-state index in [-0.39, 0.29) is 103 Å². The maximum absolute atomic E-state index is 14.9. The van der Waals surface area contributed by atoms with Crippen molar-refractivity contribution in [3.8, 4) is 0 Å². The number of Topliss-reactive ketones (excluding diaryl/α,β-unsaturated/α-hetero) is 1. The van der Waals surface area contributed by atoms with Crippen LogP contribution in [0.3, 0.4) is 0 Å². The Hall–Kier alpha value is -3.07. The number of fused-ring (bicyclic) bond motifs is 6. The molecule has 0 N–H and O–H groups in total. The summed E-state index contributed by atoms with van der Waals surface area (Å²) in [6, 6.07) is 11.1. The van der Waals surface area contributed by atoms with Gasteiger partial charge in [-0.05, 0) is 132 Å². The number of aryl methyl sites for hydroxylation is 1. The highest BCUT2D eigenvalue weighted by Crippen LogP contribution is 2.54. The Labute approximate surface area is 400 Å². The number of esters is 1. The molecule has 4 fully saturated rings. The van der Waals surface area contributed by atoms with Gasteiger partial charge in [0.1, 0.15) is 31.0 Å². The van der Waals surface area contributed by atoms with Crippen LogP contribution in [0.25, 0.3) is 10.8 Å². The third-order valence-electron chi connectivity index (χ3n) is 16.6. The Bertz CT molecular complexity index is 2010. The highest BCUT2D eigenvalue weighted by atomic mass is 16.7. The largest absolute Gasteiger partial charge is 0.462 e. The maximum atomic E-state index is 14.9. The van der Waals surface area contributed by atoms with E-state index in [9.17, 15) is 9.59 Å². The quantitative estimate of drug-likeness (QED) is 0.0699. The summed E-state index contributed by atoms with van der Waals surface area (Å²) in [5.41, 5.74) is 0.765. The summed E-state index contributed by atoms with van der Waals surface area (Å²) in [6.07, 6.45) is 19.9. The van der Waals surface area contributed by atoms with E-state index in [2.05, 4.69) is 91.3 Å². The molecule has 0 spiro atoms. The molecule has 0 amide bonds. The molecule has 0 bridgehead atoms. The number of likely N-dealkylation sites (N-methyl/N-ethyl adjacent to an activating group) is 1. The van der Waals surface area contributed by atoms with Gasteiger partial charge >= 0.3 is 5.97 Å². The second-order valence-electron chi connectivity index (χ2n) is 20.7. The molecular formula is C55H81N2O10+. The van der Waals surface area contributed by atoms with Crippen LogP contribution in [0.5, 0.6) is 0 Å². The number of nitrogens with zero attached hydrogens (tertiary/aromatic N) is 2. The van der Waals surface area contributed by atoms with E-state index >= 15 is 0 Å². The molecule has 1 saturated carbocycles. The fourth-order valence-electron chi connectivity index (χ4n) is 12.8. The number of aromatic nitrogens is 1. The first-order valence-corrected chi connectivity index (χ1v) is 25.9. The highest BCUT2D eigenvalue weighted by Gasteiger charge is 2.53. The van der Waals surface area contributed by atoms with E-state index < -0.39 is 12.4 Å². The van der Waals surface area contributed by atoms with Gasteiger partial charge < -0.3 is 42.8 Å². The van der Waals surface area contributed by atoms with Crippen molar-refractivity contribution in [1.82, 2.24) is 4.90 Å². The number of hydrogen-bond acceptors (Lipinski definition) is 11. The van der Waals surface area contributed by atoms with E-state index in [1.54, 1.807) is 21.3 Å². The maximum Gasteiger partial charge on any atom is 0.306 e. The number of carbonyl (C=O) groups excluding carboxylic acids is 2. The number of methoxy groups -OCH3 is 3. The van der Waals surface area contributed by atoms with Crippen molar-refractivity contribution >= 4 is 22.5 Å². The third-order valence-corrected chi connectivity index (χ3v) is 16.6. The van der Waals surface area contributed by atoms with Crippen molar-refractivity contribution < 1.29 is 52.1 Å². The van der Waals surface area contributed by atoms with Gasteiger partial charge in [0.05, 0.1) is 30.8 Å². The molecule has 12 nitrogen and oxygen atoms in total. The molecule has 1 aromatic heterocycles. The molecule has 8 rings (SSSR count). The predicted octanol–water partition coefficient (Wildman–Crippen LogP) is 8.56. The molecule has 370 valence electrons. The number of hydrogen-bond donors (Lipinski definition) is 0. The number of unbranched alkanes of at least 4 members (excludes halogenated alkanes) is 3. The van der Waals surface area contributed by atoms with Crippen LogP contribution in [0, 0.1) is 35.5 Å². The van der Waals surface area contributed by atoms with Crippen molar-refractivity contribution in [2.45, 2.75) is 185 Å². The lowest BCUT2D eigenvalue weighted by molar-refractivity contribution is -0.696. The Morgan fingerprint density at radius 2 is 1.57 bits per heavy atom. The molecule has 0 radical (unpaired) electrons. The van der Waals surface area contributed by atoms with Crippen LogP contribution in [0.4, 0.5) is 0 Å². The van der Waals surface area contributed by atoms with Gasteiger partial charge in [0.15, 0.2) is 30.8 Å². The molecular weight excluding hydrogens is 849 g/mol. The molecule has 2 aromatic rings. The highest BCUT2D eigenvalue weighted by molar-refractivity contribution is 5.99. The van der Waals surface area contributed by atoms with Crippen molar-refractivity contribution in [2.75, 3.05) is 34.9 Å². The second kappa shape index (κ2) is 23.2. The topological polar surface area (TPSA) is 115 Å². The van der Waals surface area contributed by atoms with Gasteiger partial charge in [-0.15, -0.1) is 0 Å². The third kappa shape index (κ3) is 11.6. The summed E-state index contributed by atoms with van der Waals surface area (Å²) in [5, 5.41) is 2.57. The average Bonchev–Trinajstić information content (AvgIpc) is 3.91. The Balaban J connectivity index is 0.873. The van der Waals surface area contributed by atoms with Gasteiger partial charge in [0, 0.05) is 57.1 Å². The molecule has 12 heteroatoms. The van der Waals surface area contributed by atoms with E-state index in [1.807, 2.05) is 13.8 Å². The zero-order valence-corrected chi connectivity index (χ0v) is 41.7. The minimum atomic E-state index is -0.603. The number of rotatable bonds is 16. The molecule has 6 aliphatic rings. The van der Waals surface area contributed by atoms with Crippen molar-refractivity contribution in [3.63, 3.8) is 0 Å². The van der Waals surface area contributed by atoms with Gasteiger partial charge in [-0.1, -0.05) is 56.7 Å². The summed E-state index contributed by atoms with van der Waals surface area (Å²) >= 11 is 0. The average molecular weight is 930 g/mol. The summed E-state index contributed by atoms with van der Waals surface area (Å²) in [5.74, 6) is -0.0637. The van der Waals surface area contributed by atoms with Crippen LogP contribution in [-0.4, -0.2) is 119 Å². The van der Waals surface area contributed by atoms with Crippen molar-refractivity contribution in [3.05, 3.63) is 66.5 Å². The molecule has 1 aromatic carbocycles. The minimum Gasteiger partial charge on any atom is -0.462 e.